The number of nitrogens with zero attached hydrogens (tertiary/aromatic N) is 3. The lowest BCUT2D eigenvalue weighted by Gasteiger charge is -2.22. The standard InChI is InChI=1S/C26H20FN3O3S2/c1-17-2-4-18(5-3-17)16-30(26-29-12-13-34-26)35(32,33)21-7-9-22-19(14-21)10-11-28-25(22)23-8-6-20(27)15-24(23)31/h2-15,31H,16H2,1H3. The third-order valence-corrected chi connectivity index (χ3v) is 8.26. The maximum absolute atomic E-state index is 13.8. The molecule has 176 valence electrons. The number of phenolic OH excluding ortho intramolecular Hbond substituents is 1. The summed E-state index contributed by atoms with van der Waals surface area (Å²) in [5.74, 6) is -0.800. The quantitative estimate of drug-likeness (QED) is 0.310. The Morgan fingerprint density at radius 2 is 1.77 bits per heavy atom. The molecule has 0 aliphatic rings. The Labute approximate surface area is 206 Å². The number of rotatable bonds is 6. The van der Waals surface area contributed by atoms with Crippen molar-refractivity contribution >= 4 is 37.3 Å². The van der Waals surface area contributed by atoms with E-state index in [1.54, 1.807) is 29.8 Å². The van der Waals surface area contributed by atoms with Crippen LogP contribution in [-0.2, 0) is 16.6 Å². The highest BCUT2D eigenvalue weighted by Crippen LogP contribution is 2.35. The average Bonchev–Trinajstić information content (AvgIpc) is 3.37. The summed E-state index contributed by atoms with van der Waals surface area (Å²) in [6.45, 7) is 2.11. The molecule has 0 atom stereocenters. The average molecular weight is 506 g/mol. The first-order valence-electron chi connectivity index (χ1n) is 10.7. The molecule has 2 aromatic heterocycles. The molecule has 0 aliphatic carbocycles. The van der Waals surface area contributed by atoms with Crippen LogP contribution in [0.4, 0.5) is 9.52 Å². The highest BCUT2D eigenvalue weighted by atomic mass is 32.2. The summed E-state index contributed by atoms with van der Waals surface area (Å²) < 4.78 is 42.4. The molecule has 0 spiro atoms. The Morgan fingerprint density at radius 3 is 2.49 bits per heavy atom. The largest absolute Gasteiger partial charge is 0.507 e. The second kappa shape index (κ2) is 9.09. The predicted molar refractivity (Wildman–Crippen MR) is 135 cm³/mol. The van der Waals surface area contributed by atoms with Crippen molar-refractivity contribution < 1.29 is 17.9 Å². The van der Waals surface area contributed by atoms with Crippen molar-refractivity contribution in [2.75, 3.05) is 4.31 Å². The van der Waals surface area contributed by atoms with Crippen LogP contribution in [0.25, 0.3) is 22.0 Å². The van der Waals surface area contributed by atoms with Gasteiger partial charge in [-0.2, -0.15) is 0 Å². The number of fused-ring (bicyclic) bond motifs is 1. The summed E-state index contributed by atoms with van der Waals surface area (Å²) in [5, 5.41) is 13.6. The van der Waals surface area contributed by atoms with Gasteiger partial charge in [0.2, 0.25) is 0 Å². The summed E-state index contributed by atoms with van der Waals surface area (Å²) in [5.41, 5.74) is 2.72. The molecule has 35 heavy (non-hydrogen) atoms. The second-order valence-electron chi connectivity index (χ2n) is 8.02. The number of aryl methyl sites for hydroxylation is 1. The van der Waals surface area contributed by atoms with Gasteiger partial charge in [-0.25, -0.2) is 22.1 Å². The third kappa shape index (κ3) is 4.48. The molecule has 0 radical (unpaired) electrons. The van der Waals surface area contributed by atoms with Crippen molar-refractivity contribution in [3.8, 4) is 17.0 Å². The number of hydrogen-bond acceptors (Lipinski definition) is 6. The van der Waals surface area contributed by atoms with Crippen molar-refractivity contribution in [1.29, 1.82) is 0 Å². The first-order valence-corrected chi connectivity index (χ1v) is 13.0. The molecule has 0 unspecified atom stereocenters. The van der Waals surface area contributed by atoms with Gasteiger partial charge in [0.05, 0.1) is 17.1 Å². The number of hydrogen-bond donors (Lipinski definition) is 1. The number of sulfonamides is 1. The summed E-state index contributed by atoms with van der Waals surface area (Å²) in [6, 6.07) is 17.8. The number of benzene rings is 3. The van der Waals surface area contributed by atoms with E-state index in [1.807, 2.05) is 31.2 Å². The maximum Gasteiger partial charge on any atom is 0.266 e. The zero-order chi connectivity index (χ0) is 24.6. The van der Waals surface area contributed by atoms with E-state index in [0.717, 1.165) is 17.2 Å². The van der Waals surface area contributed by atoms with Gasteiger partial charge in [-0.3, -0.25) is 4.98 Å². The van der Waals surface area contributed by atoms with Crippen LogP contribution >= 0.6 is 11.3 Å². The Kier molecular flexibility index (Phi) is 5.96. The fourth-order valence-corrected chi connectivity index (χ4v) is 6.13. The van der Waals surface area contributed by atoms with Gasteiger partial charge in [0.25, 0.3) is 10.0 Å². The molecule has 0 bridgehead atoms. The van der Waals surface area contributed by atoms with Gasteiger partial charge in [-0.05, 0) is 48.2 Å². The SMILES string of the molecule is Cc1ccc(CN(c2nccs2)S(=O)(=O)c2ccc3c(-c4ccc(F)cc4O)nccc3c2)cc1. The minimum Gasteiger partial charge on any atom is -0.507 e. The number of anilines is 1. The maximum atomic E-state index is 13.8. The van der Waals surface area contributed by atoms with Crippen molar-refractivity contribution in [2.45, 2.75) is 18.4 Å². The Bertz CT molecular complexity index is 1620. The van der Waals surface area contributed by atoms with Crippen molar-refractivity contribution in [3.63, 3.8) is 0 Å². The zero-order valence-corrected chi connectivity index (χ0v) is 20.2. The van der Waals surface area contributed by atoms with Gasteiger partial charge in [0.1, 0.15) is 11.6 Å². The fourth-order valence-electron chi connectivity index (χ4n) is 3.82. The van der Waals surface area contributed by atoms with E-state index in [0.29, 0.717) is 27.2 Å². The van der Waals surface area contributed by atoms with E-state index in [1.165, 1.54) is 40.0 Å². The molecule has 5 rings (SSSR count). The van der Waals surface area contributed by atoms with Gasteiger partial charge >= 0.3 is 0 Å². The van der Waals surface area contributed by atoms with Crippen LogP contribution in [0.2, 0.25) is 0 Å². The molecule has 6 nitrogen and oxygen atoms in total. The lowest BCUT2D eigenvalue weighted by atomic mass is 10.0. The predicted octanol–water partition coefficient (Wildman–Crippen LogP) is 5.91. The lowest BCUT2D eigenvalue weighted by Crippen LogP contribution is -2.30. The monoisotopic (exact) mass is 505 g/mol. The molecule has 0 saturated carbocycles. The minimum atomic E-state index is -3.95. The van der Waals surface area contributed by atoms with Crippen LogP contribution in [0.1, 0.15) is 11.1 Å². The highest BCUT2D eigenvalue weighted by Gasteiger charge is 2.27. The molecule has 2 heterocycles. The topological polar surface area (TPSA) is 83.4 Å². The van der Waals surface area contributed by atoms with E-state index in [4.69, 9.17) is 0 Å². The number of aromatic nitrogens is 2. The molecular weight excluding hydrogens is 485 g/mol. The number of halogens is 1. The van der Waals surface area contributed by atoms with E-state index in [2.05, 4.69) is 9.97 Å². The van der Waals surface area contributed by atoms with Crippen LogP contribution in [0, 0.1) is 12.7 Å². The second-order valence-corrected chi connectivity index (χ2v) is 10.8. The summed E-state index contributed by atoms with van der Waals surface area (Å²) >= 11 is 1.25. The molecule has 0 saturated heterocycles. The zero-order valence-electron chi connectivity index (χ0n) is 18.6. The van der Waals surface area contributed by atoms with E-state index < -0.39 is 15.8 Å². The van der Waals surface area contributed by atoms with Gasteiger partial charge in [-0.15, -0.1) is 11.3 Å². The van der Waals surface area contributed by atoms with Gasteiger partial charge in [-0.1, -0.05) is 35.9 Å². The smallest absolute Gasteiger partial charge is 0.266 e. The van der Waals surface area contributed by atoms with Crippen molar-refractivity contribution in [1.82, 2.24) is 9.97 Å². The molecule has 0 aliphatic heterocycles. The minimum absolute atomic E-state index is 0.104. The van der Waals surface area contributed by atoms with E-state index in [9.17, 15) is 17.9 Å². The van der Waals surface area contributed by atoms with Crippen LogP contribution < -0.4 is 4.31 Å². The van der Waals surface area contributed by atoms with Crippen molar-refractivity contribution in [2.24, 2.45) is 0 Å². The van der Waals surface area contributed by atoms with Gasteiger partial charge in [0.15, 0.2) is 5.13 Å². The van der Waals surface area contributed by atoms with E-state index in [-0.39, 0.29) is 17.2 Å². The highest BCUT2D eigenvalue weighted by molar-refractivity contribution is 7.93. The molecule has 5 aromatic rings. The van der Waals surface area contributed by atoms with Gasteiger partial charge in [0, 0.05) is 34.8 Å². The van der Waals surface area contributed by atoms with Gasteiger partial charge < -0.3 is 5.11 Å². The Hall–Kier alpha value is -3.82. The number of thiazole rings is 1. The Morgan fingerprint density at radius 1 is 0.971 bits per heavy atom. The molecule has 3 aromatic carbocycles. The normalized spacial score (nSPS) is 11.6. The third-order valence-electron chi connectivity index (χ3n) is 5.62. The first-order chi connectivity index (χ1) is 16.8. The number of phenols is 1. The fraction of sp³-hybridized carbons (Fsp3) is 0.0769. The molecule has 0 amide bonds. The van der Waals surface area contributed by atoms with Crippen LogP contribution in [-0.4, -0.2) is 23.5 Å². The summed E-state index contributed by atoms with van der Waals surface area (Å²) in [4.78, 5) is 8.70. The lowest BCUT2D eigenvalue weighted by molar-refractivity contribution is 0.471. The number of pyridine rings is 1. The molecule has 1 N–H and O–H groups in total. The molecule has 9 heteroatoms. The Balaban J connectivity index is 1.59. The summed E-state index contributed by atoms with van der Waals surface area (Å²) in [7, 11) is -3.95. The van der Waals surface area contributed by atoms with Crippen molar-refractivity contribution in [3.05, 3.63) is 101 Å². The summed E-state index contributed by atoms with van der Waals surface area (Å²) in [6.07, 6.45) is 3.10. The van der Waals surface area contributed by atoms with E-state index >= 15 is 0 Å². The molecule has 0 fully saturated rings. The number of aromatic hydroxyl groups is 1. The first kappa shape index (κ1) is 22.9. The van der Waals surface area contributed by atoms with Crippen LogP contribution in [0.15, 0.2) is 89.4 Å². The van der Waals surface area contributed by atoms with Crippen LogP contribution in [0.5, 0.6) is 5.75 Å². The van der Waals surface area contributed by atoms with Crippen LogP contribution in [0.3, 0.4) is 0 Å². The molecular formula is C26H20FN3O3S2.